The molecular formula is C17H22ClN3O2. The number of anilines is 1. The molecule has 2 amide bonds. The van der Waals surface area contributed by atoms with Crippen molar-refractivity contribution in [1.29, 1.82) is 0 Å². The smallest absolute Gasteiger partial charge is 0.224 e. The normalized spacial score (nSPS) is 24.4. The lowest BCUT2D eigenvalue weighted by Gasteiger charge is -2.23. The van der Waals surface area contributed by atoms with Gasteiger partial charge >= 0.3 is 0 Å². The second kappa shape index (κ2) is 7.21. The number of benzene rings is 1. The van der Waals surface area contributed by atoms with Crippen LogP contribution in [0.25, 0.3) is 0 Å². The van der Waals surface area contributed by atoms with E-state index in [1.165, 1.54) is 5.69 Å². The Morgan fingerprint density at radius 1 is 1.30 bits per heavy atom. The number of carbonyl (C=O) groups excluding carboxylic acids is 2. The van der Waals surface area contributed by atoms with Crippen LogP contribution in [-0.2, 0) is 9.59 Å². The predicted molar refractivity (Wildman–Crippen MR) is 90.5 cm³/mol. The maximum atomic E-state index is 12.2. The van der Waals surface area contributed by atoms with Gasteiger partial charge in [-0.25, -0.2) is 0 Å². The van der Waals surface area contributed by atoms with Crippen LogP contribution in [0.15, 0.2) is 24.3 Å². The molecule has 5 nitrogen and oxygen atoms in total. The summed E-state index contributed by atoms with van der Waals surface area (Å²) in [5.74, 6) is 0.493. The Kier molecular flexibility index (Phi) is 5.06. The molecule has 2 fully saturated rings. The van der Waals surface area contributed by atoms with Crippen LogP contribution in [0.5, 0.6) is 0 Å². The van der Waals surface area contributed by atoms with Gasteiger partial charge < -0.3 is 15.5 Å². The standard InChI is InChI=1S/C17H22ClN3O2/c18-14-2-4-15(5-3-14)21-8-7-12(11-21)9-20-17(23)13-1-6-16(22)19-10-13/h2-5,12-13H,1,6-11H2,(H,19,22)(H,20,23)/t12-,13+/m1/s1. The molecule has 1 aromatic carbocycles. The van der Waals surface area contributed by atoms with Crippen molar-refractivity contribution in [2.75, 3.05) is 31.1 Å². The fraction of sp³-hybridized carbons (Fsp3) is 0.529. The second-order valence-corrected chi connectivity index (χ2v) is 6.80. The second-order valence-electron chi connectivity index (χ2n) is 6.36. The number of nitrogens with one attached hydrogen (secondary N) is 2. The third kappa shape index (κ3) is 4.16. The Morgan fingerprint density at radius 2 is 2.09 bits per heavy atom. The van der Waals surface area contributed by atoms with Crippen LogP contribution < -0.4 is 15.5 Å². The molecule has 2 heterocycles. The van der Waals surface area contributed by atoms with Crippen molar-refractivity contribution in [1.82, 2.24) is 10.6 Å². The van der Waals surface area contributed by atoms with Crippen molar-refractivity contribution in [2.45, 2.75) is 19.3 Å². The average molecular weight is 336 g/mol. The van der Waals surface area contributed by atoms with E-state index >= 15 is 0 Å². The van der Waals surface area contributed by atoms with E-state index in [4.69, 9.17) is 11.6 Å². The van der Waals surface area contributed by atoms with Crippen molar-refractivity contribution in [3.8, 4) is 0 Å². The molecule has 3 rings (SSSR count). The first kappa shape index (κ1) is 16.1. The molecule has 2 atom stereocenters. The molecule has 1 aromatic rings. The molecule has 0 spiro atoms. The van der Waals surface area contributed by atoms with Crippen LogP contribution in [0.3, 0.4) is 0 Å². The Hall–Kier alpha value is -1.75. The number of piperidine rings is 1. The monoisotopic (exact) mass is 335 g/mol. The van der Waals surface area contributed by atoms with E-state index in [0.717, 1.165) is 24.5 Å². The lowest BCUT2D eigenvalue weighted by Crippen LogP contribution is -2.44. The van der Waals surface area contributed by atoms with Gasteiger partial charge in [0.05, 0.1) is 5.92 Å². The molecule has 0 bridgehead atoms. The zero-order valence-electron chi connectivity index (χ0n) is 13.1. The largest absolute Gasteiger partial charge is 0.371 e. The summed E-state index contributed by atoms with van der Waals surface area (Å²) in [6, 6.07) is 7.88. The van der Waals surface area contributed by atoms with E-state index in [9.17, 15) is 9.59 Å². The van der Waals surface area contributed by atoms with Crippen LogP contribution in [0, 0.1) is 11.8 Å². The van der Waals surface area contributed by atoms with Crippen molar-refractivity contribution in [3.63, 3.8) is 0 Å². The van der Waals surface area contributed by atoms with Gasteiger partial charge in [0.25, 0.3) is 0 Å². The van der Waals surface area contributed by atoms with Crippen LogP contribution in [0.1, 0.15) is 19.3 Å². The van der Waals surface area contributed by atoms with Gasteiger partial charge in [-0.1, -0.05) is 11.6 Å². The SMILES string of the molecule is O=C1CC[C@H](C(=O)NC[C@H]2CCN(c3ccc(Cl)cc3)C2)CN1. The Labute approximate surface area is 141 Å². The average Bonchev–Trinajstić information content (AvgIpc) is 3.03. The predicted octanol–water partition coefficient (Wildman–Crippen LogP) is 1.81. The van der Waals surface area contributed by atoms with E-state index in [2.05, 4.69) is 15.5 Å². The van der Waals surface area contributed by atoms with Crippen molar-refractivity contribution in [2.24, 2.45) is 11.8 Å². The molecule has 2 aliphatic heterocycles. The molecule has 23 heavy (non-hydrogen) atoms. The molecule has 0 aromatic heterocycles. The molecule has 2 saturated heterocycles. The summed E-state index contributed by atoms with van der Waals surface area (Å²) in [6.07, 6.45) is 2.18. The third-order valence-electron chi connectivity index (χ3n) is 4.68. The lowest BCUT2D eigenvalue weighted by atomic mass is 9.98. The van der Waals surface area contributed by atoms with Gasteiger partial charge in [0.2, 0.25) is 11.8 Å². The van der Waals surface area contributed by atoms with Gasteiger partial charge in [-0.15, -0.1) is 0 Å². The summed E-state index contributed by atoms with van der Waals surface area (Å²) in [5.41, 5.74) is 1.18. The minimum absolute atomic E-state index is 0.0449. The van der Waals surface area contributed by atoms with Crippen LogP contribution in [-0.4, -0.2) is 38.0 Å². The minimum atomic E-state index is -0.0820. The summed E-state index contributed by atoms with van der Waals surface area (Å²) in [4.78, 5) is 25.6. The van der Waals surface area contributed by atoms with Gasteiger partial charge in [-0.05, 0) is 43.0 Å². The zero-order chi connectivity index (χ0) is 16.2. The first-order chi connectivity index (χ1) is 11.1. The molecule has 0 saturated carbocycles. The van der Waals surface area contributed by atoms with E-state index in [-0.39, 0.29) is 17.7 Å². The van der Waals surface area contributed by atoms with Gasteiger partial charge in [-0.2, -0.15) is 0 Å². The molecule has 0 radical (unpaired) electrons. The maximum Gasteiger partial charge on any atom is 0.224 e. The fourth-order valence-electron chi connectivity index (χ4n) is 3.23. The number of hydrogen-bond donors (Lipinski definition) is 2. The van der Waals surface area contributed by atoms with Gasteiger partial charge in [0.1, 0.15) is 0 Å². The molecular weight excluding hydrogens is 314 g/mol. The minimum Gasteiger partial charge on any atom is -0.371 e. The quantitative estimate of drug-likeness (QED) is 0.882. The van der Waals surface area contributed by atoms with Crippen LogP contribution >= 0.6 is 11.6 Å². The number of rotatable bonds is 4. The van der Waals surface area contributed by atoms with E-state index in [1.54, 1.807) is 0 Å². The van der Waals surface area contributed by atoms with Crippen molar-refractivity contribution in [3.05, 3.63) is 29.3 Å². The summed E-state index contributed by atoms with van der Waals surface area (Å²) < 4.78 is 0. The topological polar surface area (TPSA) is 61.4 Å². The number of nitrogens with zero attached hydrogens (tertiary/aromatic N) is 1. The van der Waals surface area contributed by atoms with Crippen molar-refractivity contribution >= 4 is 29.1 Å². The highest BCUT2D eigenvalue weighted by Crippen LogP contribution is 2.25. The Bertz CT molecular complexity index is 566. The summed E-state index contributed by atoms with van der Waals surface area (Å²) in [5, 5.41) is 6.55. The van der Waals surface area contributed by atoms with E-state index in [1.807, 2.05) is 24.3 Å². The first-order valence-corrected chi connectivity index (χ1v) is 8.54. The van der Waals surface area contributed by atoms with Crippen LogP contribution in [0.4, 0.5) is 5.69 Å². The summed E-state index contributed by atoms with van der Waals surface area (Å²) in [6.45, 7) is 3.12. The van der Waals surface area contributed by atoms with E-state index in [0.29, 0.717) is 31.8 Å². The highest BCUT2D eigenvalue weighted by atomic mass is 35.5. The summed E-state index contributed by atoms with van der Waals surface area (Å²) in [7, 11) is 0. The first-order valence-electron chi connectivity index (χ1n) is 8.17. The van der Waals surface area contributed by atoms with Crippen LogP contribution in [0.2, 0.25) is 5.02 Å². The number of halogens is 1. The van der Waals surface area contributed by atoms with Gasteiger partial charge in [-0.3, -0.25) is 9.59 Å². The highest BCUT2D eigenvalue weighted by molar-refractivity contribution is 6.30. The van der Waals surface area contributed by atoms with Gasteiger partial charge in [0.15, 0.2) is 0 Å². The zero-order valence-corrected chi connectivity index (χ0v) is 13.8. The number of carbonyl (C=O) groups is 2. The third-order valence-corrected chi connectivity index (χ3v) is 4.93. The molecule has 0 unspecified atom stereocenters. The molecule has 124 valence electrons. The van der Waals surface area contributed by atoms with E-state index < -0.39 is 0 Å². The number of hydrogen-bond acceptors (Lipinski definition) is 3. The highest BCUT2D eigenvalue weighted by Gasteiger charge is 2.27. The van der Waals surface area contributed by atoms with Crippen molar-refractivity contribution < 1.29 is 9.59 Å². The van der Waals surface area contributed by atoms with Gasteiger partial charge in [0, 0.05) is 43.3 Å². The Balaban J connectivity index is 1.44. The maximum absolute atomic E-state index is 12.2. The Morgan fingerprint density at radius 3 is 2.78 bits per heavy atom. The fourth-order valence-corrected chi connectivity index (χ4v) is 3.36. The molecule has 2 aliphatic rings. The molecule has 6 heteroatoms. The molecule has 2 N–H and O–H groups in total. The number of amides is 2. The summed E-state index contributed by atoms with van der Waals surface area (Å²) >= 11 is 5.92. The lowest BCUT2D eigenvalue weighted by molar-refractivity contribution is -0.129. The molecule has 0 aliphatic carbocycles.